The molecule has 174 valence electrons. The van der Waals surface area contributed by atoms with Crippen molar-refractivity contribution in [1.29, 1.82) is 0 Å². The summed E-state index contributed by atoms with van der Waals surface area (Å²) in [6.07, 6.45) is -0.0447. The van der Waals surface area contributed by atoms with Gasteiger partial charge in [-0.15, -0.1) is 5.43 Å². The number of quaternary nitrogens is 1. The maximum Gasteiger partial charge on any atom is 0.392 e. The second kappa shape index (κ2) is 9.78. The summed E-state index contributed by atoms with van der Waals surface area (Å²) in [5.41, 5.74) is 5.51. The molecule has 0 saturated carbocycles. The minimum atomic E-state index is -4.17. The number of fused-ring (bicyclic) bond motifs is 1. The number of hydrogen-bond acceptors (Lipinski definition) is 5. The molecule has 1 aromatic heterocycles. The van der Waals surface area contributed by atoms with E-state index in [1.54, 1.807) is 12.1 Å². The van der Waals surface area contributed by atoms with E-state index in [0.29, 0.717) is 30.5 Å². The number of halogens is 3. The zero-order chi connectivity index (χ0) is 23.5. The van der Waals surface area contributed by atoms with E-state index in [-0.39, 0.29) is 24.8 Å². The van der Waals surface area contributed by atoms with Crippen molar-refractivity contribution in [1.82, 2.24) is 15.7 Å². The van der Waals surface area contributed by atoms with Crippen molar-refractivity contribution < 1.29 is 27.3 Å². The normalized spacial score (nSPS) is 19.8. The van der Waals surface area contributed by atoms with Crippen LogP contribution in [0.5, 0.6) is 0 Å². The van der Waals surface area contributed by atoms with Gasteiger partial charge in [-0.2, -0.15) is 18.4 Å². The number of thiol groups is 1. The Hall–Kier alpha value is -2.14. The van der Waals surface area contributed by atoms with E-state index in [1.807, 2.05) is 25.1 Å². The molecule has 1 aromatic carbocycles. The van der Waals surface area contributed by atoms with Crippen molar-refractivity contribution in [2.24, 2.45) is 5.92 Å². The van der Waals surface area contributed by atoms with Crippen LogP contribution >= 0.6 is 12.8 Å². The van der Waals surface area contributed by atoms with Gasteiger partial charge in [0.05, 0.1) is 23.5 Å². The monoisotopic (exact) mass is 469 g/mol. The van der Waals surface area contributed by atoms with Gasteiger partial charge in [-0.1, -0.05) is 28.4 Å². The van der Waals surface area contributed by atoms with E-state index in [4.69, 9.17) is 0 Å². The average Bonchev–Trinajstić information content (AvgIpc) is 2.71. The number of allylic oxidation sites excluding steroid dienone is 2. The minimum Gasteiger partial charge on any atom is -0.349 e. The van der Waals surface area contributed by atoms with E-state index in [9.17, 15) is 23.2 Å². The van der Waals surface area contributed by atoms with E-state index in [1.165, 1.54) is 13.2 Å². The Morgan fingerprint density at radius 1 is 1.41 bits per heavy atom. The molecule has 3 unspecified atom stereocenters. The van der Waals surface area contributed by atoms with Crippen LogP contribution in [0.2, 0.25) is 0 Å². The number of rotatable bonds is 7. The molecule has 1 amide bonds. The first-order valence-corrected chi connectivity index (χ1v) is 10.9. The number of para-hydroxylation sites is 1. The number of hydrogen-bond donors (Lipinski definition) is 4. The van der Waals surface area contributed by atoms with Crippen LogP contribution in [0.4, 0.5) is 13.2 Å². The number of nitrogens with zero attached hydrogens (tertiary/aromatic N) is 2. The molecular weight excluding hydrogens is 441 g/mol. The zero-order valence-corrected chi connectivity index (χ0v) is 18.9. The Bertz CT molecular complexity index is 1000. The highest BCUT2D eigenvalue weighted by Gasteiger charge is 2.39. The third kappa shape index (κ3) is 6.44. The van der Waals surface area contributed by atoms with Crippen LogP contribution in [0.1, 0.15) is 48.5 Å². The number of alkyl halides is 3. The minimum absolute atomic E-state index is 0.0238. The summed E-state index contributed by atoms with van der Waals surface area (Å²) < 4.78 is 38.2. The molecule has 2 aromatic rings. The summed E-state index contributed by atoms with van der Waals surface area (Å²) in [4.78, 5) is 17.1. The first kappa shape index (κ1) is 24.5. The van der Waals surface area contributed by atoms with Crippen LogP contribution in [0.25, 0.3) is 16.5 Å². The fraction of sp³-hybridized carbons (Fsp3) is 0.455. The van der Waals surface area contributed by atoms with Gasteiger partial charge in [-0.3, -0.25) is 9.78 Å². The summed E-state index contributed by atoms with van der Waals surface area (Å²) in [6.45, 7) is 2.30. The average molecular weight is 470 g/mol. The second-order valence-electron chi connectivity index (χ2n) is 8.33. The maximum atomic E-state index is 13.0. The maximum absolute atomic E-state index is 13.0. The lowest BCUT2D eigenvalue weighted by Gasteiger charge is -2.24. The van der Waals surface area contributed by atoms with Gasteiger partial charge in [0.1, 0.15) is 19.9 Å². The Balaban J connectivity index is 1.71. The van der Waals surface area contributed by atoms with Crippen molar-refractivity contribution >= 4 is 35.2 Å². The fourth-order valence-electron chi connectivity index (χ4n) is 3.79. The molecule has 32 heavy (non-hydrogen) atoms. The van der Waals surface area contributed by atoms with E-state index in [2.05, 4.69) is 28.5 Å². The number of pyridine rings is 1. The van der Waals surface area contributed by atoms with E-state index in [0.717, 1.165) is 16.5 Å². The Morgan fingerprint density at radius 2 is 2.16 bits per heavy atom. The zero-order valence-electron chi connectivity index (χ0n) is 18.0. The van der Waals surface area contributed by atoms with Crippen molar-refractivity contribution in [2.75, 3.05) is 13.6 Å². The molecular formula is C22H28F3N4O2S+. The Labute approximate surface area is 190 Å². The van der Waals surface area contributed by atoms with E-state index < -0.39 is 16.3 Å². The van der Waals surface area contributed by atoms with Crippen LogP contribution in [0.3, 0.4) is 0 Å². The first-order chi connectivity index (χ1) is 14.9. The second-order valence-corrected chi connectivity index (χ2v) is 9.11. The molecule has 0 saturated heterocycles. The molecule has 3 atom stereocenters. The fourth-order valence-corrected chi connectivity index (χ4v) is 3.89. The summed E-state index contributed by atoms with van der Waals surface area (Å²) in [6, 6.07) is 7.12. The highest BCUT2D eigenvalue weighted by atomic mass is 32.1. The number of benzene rings is 1. The quantitative estimate of drug-likeness (QED) is 0.270. The van der Waals surface area contributed by atoms with Gasteiger partial charge in [-0.25, -0.2) is 0 Å². The summed E-state index contributed by atoms with van der Waals surface area (Å²) in [7, 11) is 1.46. The van der Waals surface area contributed by atoms with Crippen LogP contribution in [0, 0.1) is 5.92 Å². The van der Waals surface area contributed by atoms with Gasteiger partial charge in [0.25, 0.3) is 5.91 Å². The molecule has 0 radical (unpaired) electrons. The van der Waals surface area contributed by atoms with Gasteiger partial charge in [0.15, 0.2) is 0 Å². The van der Waals surface area contributed by atoms with Gasteiger partial charge < -0.3 is 5.32 Å². The summed E-state index contributed by atoms with van der Waals surface area (Å²) in [5, 5.41) is 13.1. The number of hydroxylamine groups is 1. The van der Waals surface area contributed by atoms with Crippen molar-refractivity contribution in [3.63, 3.8) is 0 Å². The lowest BCUT2D eigenvalue weighted by atomic mass is 9.85. The predicted molar refractivity (Wildman–Crippen MR) is 120 cm³/mol. The third-order valence-corrected chi connectivity index (χ3v) is 5.70. The third-order valence-electron chi connectivity index (χ3n) is 5.56. The molecule has 3 rings (SSSR count). The van der Waals surface area contributed by atoms with Crippen LogP contribution < -0.4 is 10.7 Å². The van der Waals surface area contributed by atoms with E-state index >= 15 is 0 Å². The molecule has 1 aliphatic rings. The number of carbonyl (C=O) groups excluding carboxylic acids is 1. The molecule has 0 aliphatic heterocycles. The molecule has 1 heterocycles. The van der Waals surface area contributed by atoms with Crippen molar-refractivity contribution in [3.8, 4) is 0 Å². The molecule has 0 fully saturated rings. The number of carbonyl (C=O) groups is 1. The number of aromatic nitrogens is 1. The van der Waals surface area contributed by atoms with Gasteiger partial charge in [0.2, 0.25) is 0 Å². The summed E-state index contributed by atoms with van der Waals surface area (Å²) in [5.74, 6) is -1.56. The van der Waals surface area contributed by atoms with Gasteiger partial charge >= 0.3 is 6.18 Å². The Morgan fingerprint density at radius 3 is 2.78 bits per heavy atom. The van der Waals surface area contributed by atoms with Crippen LogP contribution in [-0.4, -0.2) is 46.1 Å². The highest BCUT2D eigenvalue weighted by Crippen LogP contribution is 2.40. The molecule has 6 nitrogen and oxygen atoms in total. The highest BCUT2D eigenvalue weighted by molar-refractivity contribution is 7.74. The van der Waals surface area contributed by atoms with Gasteiger partial charge in [-0.05, 0) is 44.2 Å². The van der Waals surface area contributed by atoms with Crippen molar-refractivity contribution in [2.45, 2.75) is 44.8 Å². The Kier molecular flexibility index (Phi) is 7.49. The van der Waals surface area contributed by atoms with Crippen LogP contribution in [-0.2, 0) is 0 Å². The van der Waals surface area contributed by atoms with Gasteiger partial charge in [0, 0.05) is 23.2 Å². The topological polar surface area (TPSA) is 74.2 Å². The smallest absolute Gasteiger partial charge is 0.349 e. The number of amides is 1. The standard InChI is InChI=1S/C22H27F3N4O2S/c1-14(10-11-27-29(2,31)32)28-21(30)17-12-16-4-3-5-19(20(16)26-13-17)15-6-8-18(9-7-15)22(23,24)25/h3-6,12-14,18,27,31-32H,7-11H2,1-2H3/p+1. The van der Waals surface area contributed by atoms with Crippen molar-refractivity contribution in [3.05, 3.63) is 47.7 Å². The summed E-state index contributed by atoms with van der Waals surface area (Å²) >= 11 is 3.91. The molecule has 1 aliphatic carbocycles. The molecule has 3 N–H and O–H groups in total. The largest absolute Gasteiger partial charge is 0.392 e. The van der Waals surface area contributed by atoms with Crippen LogP contribution in [0.15, 0.2) is 36.5 Å². The lowest BCUT2D eigenvalue weighted by molar-refractivity contribution is -1.01. The molecule has 0 spiro atoms. The first-order valence-electron chi connectivity index (χ1n) is 10.5. The predicted octanol–water partition coefficient (Wildman–Crippen LogP) is 4.67. The molecule has 0 bridgehead atoms. The molecule has 10 heteroatoms. The lowest BCUT2D eigenvalue weighted by Crippen LogP contribution is -2.46. The SMILES string of the molecule is CC(CCN[N+](C)(O)S)NC(=O)c1cnc2c(C3=CCC(C(F)(F)F)CC3)cccc2c1. The number of nitrogens with one attached hydrogen (secondary N) is 2.